The number of nitrogens with one attached hydrogen (secondary N) is 1. The number of hydrogen-bond donors (Lipinski definition) is 2. The van der Waals surface area contributed by atoms with Crippen molar-refractivity contribution in [3.05, 3.63) is 53.7 Å². The summed E-state index contributed by atoms with van der Waals surface area (Å²) in [5.74, 6) is 1.06. The first-order valence-corrected chi connectivity index (χ1v) is 11.2. The first-order valence-electron chi connectivity index (χ1n) is 11.2. The Morgan fingerprint density at radius 1 is 1.06 bits per heavy atom. The van der Waals surface area contributed by atoms with E-state index in [1.54, 1.807) is 18.2 Å². The van der Waals surface area contributed by atoms with Gasteiger partial charge in [0.25, 0.3) is 0 Å². The first-order chi connectivity index (χ1) is 15.8. The number of nitrogens with zero attached hydrogens (tertiary/aromatic N) is 3. The van der Waals surface area contributed by atoms with Gasteiger partial charge in [-0.3, -0.25) is 0 Å². The SMILES string of the molecule is Cc1ccc2c(c1)nc(C(F)(F)F)c1nc(-c3ccc(O)cc3)n(CCC3CCNCC3)c12. The Labute approximate surface area is 189 Å². The summed E-state index contributed by atoms with van der Waals surface area (Å²) in [4.78, 5) is 8.50. The van der Waals surface area contributed by atoms with Crippen LogP contribution in [0.25, 0.3) is 33.3 Å². The van der Waals surface area contributed by atoms with Gasteiger partial charge in [-0.15, -0.1) is 0 Å². The number of pyridine rings is 1. The van der Waals surface area contributed by atoms with Gasteiger partial charge in [0, 0.05) is 17.5 Å². The number of halogens is 3. The molecule has 0 radical (unpaired) electrons. The summed E-state index contributed by atoms with van der Waals surface area (Å²) >= 11 is 0. The smallest absolute Gasteiger partial charge is 0.435 e. The van der Waals surface area contributed by atoms with Crippen molar-refractivity contribution in [3.8, 4) is 17.1 Å². The molecule has 1 aliphatic heterocycles. The number of aromatic hydroxyl groups is 1. The van der Waals surface area contributed by atoms with Gasteiger partial charge in [-0.1, -0.05) is 12.1 Å². The molecule has 1 saturated heterocycles. The number of piperidine rings is 1. The Balaban J connectivity index is 1.76. The quantitative estimate of drug-likeness (QED) is 0.417. The molecule has 0 atom stereocenters. The first kappa shape index (κ1) is 21.7. The monoisotopic (exact) mass is 454 g/mol. The van der Waals surface area contributed by atoms with E-state index in [-0.39, 0.29) is 11.3 Å². The van der Waals surface area contributed by atoms with Crippen molar-refractivity contribution >= 4 is 21.9 Å². The highest BCUT2D eigenvalue weighted by molar-refractivity contribution is 6.05. The molecule has 2 aromatic heterocycles. The molecule has 0 spiro atoms. The van der Waals surface area contributed by atoms with E-state index < -0.39 is 11.9 Å². The van der Waals surface area contributed by atoms with Gasteiger partial charge in [0.15, 0.2) is 5.69 Å². The van der Waals surface area contributed by atoms with Crippen LogP contribution in [0, 0.1) is 12.8 Å². The summed E-state index contributed by atoms with van der Waals surface area (Å²) in [5.41, 5.74) is 1.19. The van der Waals surface area contributed by atoms with Gasteiger partial charge < -0.3 is 15.0 Å². The van der Waals surface area contributed by atoms with Crippen LogP contribution in [0.5, 0.6) is 5.75 Å². The standard InChI is InChI=1S/C25H25F3N4O/c1-15-2-7-19-20(14-15)30-23(25(26,27)28)21-22(19)32(13-10-16-8-11-29-12-9-16)24(31-21)17-3-5-18(33)6-4-17/h2-7,14,16,29,33H,8-13H2,1H3. The lowest BCUT2D eigenvalue weighted by atomic mass is 9.94. The highest BCUT2D eigenvalue weighted by Crippen LogP contribution is 2.39. The molecule has 3 heterocycles. The van der Waals surface area contributed by atoms with Crippen molar-refractivity contribution in [1.82, 2.24) is 19.9 Å². The summed E-state index contributed by atoms with van der Waals surface area (Å²) < 4.78 is 44.1. The lowest BCUT2D eigenvalue weighted by Gasteiger charge is -2.23. The molecule has 0 amide bonds. The van der Waals surface area contributed by atoms with Crippen molar-refractivity contribution in [2.75, 3.05) is 13.1 Å². The normalized spacial score (nSPS) is 15.5. The molecule has 8 heteroatoms. The number of phenols is 1. The number of benzene rings is 2. The molecule has 5 rings (SSSR count). The van der Waals surface area contributed by atoms with Crippen LogP contribution in [0.1, 0.15) is 30.5 Å². The predicted molar refractivity (Wildman–Crippen MR) is 122 cm³/mol. The van der Waals surface area contributed by atoms with Crippen molar-refractivity contribution in [2.45, 2.75) is 38.9 Å². The van der Waals surface area contributed by atoms with Crippen LogP contribution in [0.4, 0.5) is 13.2 Å². The minimum atomic E-state index is -4.63. The molecule has 2 aromatic carbocycles. The Kier molecular flexibility index (Phi) is 5.48. The number of aryl methyl sites for hydroxylation is 2. The molecule has 0 unspecified atom stereocenters. The largest absolute Gasteiger partial charge is 0.508 e. The average Bonchev–Trinajstić information content (AvgIpc) is 3.17. The molecule has 0 bridgehead atoms. The number of aromatic nitrogens is 3. The Morgan fingerprint density at radius 2 is 1.79 bits per heavy atom. The molecule has 5 nitrogen and oxygen atoms in total. The van der Waals surface area contributed by atoms with Gasteiger partial charge in [0.2, 0.25) is 0 Å². The Morgan fingerprint density at radius 3 is 2.48 bits per heavy atom. The van der Waals surface area contributed by atoms with E-state index in [0.29, 0.717) is 40.3 Å². The van der Waals surface area contributed by atoms with E-state index in [9.17, 15) is 18.3 Å². The van der Waals surface area contributed by atoms with Gasteiger partial charge in [-0.25, -0.2) is 9.97 Å². The lowest BCUT2D eigenvalue weighted by molar-refractivity contribution is -0.139. The number of imidazole rings is 1. The topological polar surface area (TPSA) is 63.0 Å². The molecule has 4 aromatic rings. The van der Waals surface area contributed by atoms with E-state index in [1.807, 2.05) is 23.6 Å². The van der Waals surface area contributed by atoms with E-state index in [0.717, 1.165) is 37.9 Å². The lowest BCUT2D eigenvalue weighted by Crippen LogP contribution is -2.28. The van der Waals surface area contributed by atoms with E-state index in [4.69, 9.17) is 0 Å². The molecular weight excluding hydrogens is 429 g/mol. The molecule has 172 valence electrons. The summed E-state index contributed by atoms with van der Waals surface area (Å²) in [7, 11) is 0. The van der Waals surface area contributed by atoms with Gasteiger partial charge >= 0.3 is 6.18 Å². The van der Waals surface area contributed by atoms with Crippen LogP contribution in [-0.4, -0.2) is 32.7 Å². The van der Waals surface area contributed by atoms with Crippen LogP contribution < -0.4 is 5.32 Å². The third kappa shape index (κ3) is 4.15. The fourth-order valence-electron chi connectivity index (χ4n) is 4.73. The third-order valence-corrected chi connectivity index (χ3v) is 6.45. The highest BCUT2D eigenvalue weighted by Gasteiger charge is 2.37. The third-order valence-electron chi connectivity index (χ3n) is 6.45. The van der Waals surface area contributed by atoms with E-state index >= 15 is 0 Å². The van der Waals surface area contributed by atoms with E-state index in [1.165, 1.54) is 12.1 Å². The molecular formula is C25H25F3N4O. The Hall–Kier alpha value is -3.13. The van der Waals surface area contributed by atoms with Gasteiger partial charge in [0.1, 0.15) is 17.1 Å². The second-order valence-corrected chi connectivity index (χ2v) is 8.79. The van der Waals surface area contributed by atoms with Crippen molar-refractivity contribution < 1.29 is 18.3 Å². The van der Waals surface area contributed by atoms with Gasteiger partial charge in [-0.05, 0) is 81.1 Å². The number of rotatable bonds is 4. The number of phenolic OH excluding ortho intramolecular Hbond substituents is 1. The van der Waals surface area contributed by atoms with Gasteiger partial charge in [-0.2, -0.15) is 13.2 Å². The Bertz CT molecular complexity index is 1310. The molecule has 2 N–H and O–H groups in total. The number of hydrogen-bond acceptors (Lipinski definition) is 4. The zero-order valence-corrected chi connectivity index (χ0v) is 18.3. The molecule has 0 saturated carbocycles. The second-order valence-electron chi connectivity index (χ2n) is 8.79. The fourth-order valence-corrected chi connectivity index (χ4v) is 4.73. The number of fused-ring (bicyclic) bond motifs is 3. The van der Waals surface area contributed by atoms with Crippen LogP contribution in [0.15, 0.2) is 42.5 Å². The maximum Gasteiger partial charge on any atom is 0.435 e. The summed E-state index contributed by atoms with van der Waals surface area (Å²) in [6.07, 6.45) is -1.67. The predicted octanol–water partition coefficient (Wildman–Crippen LogP) is 5.67. The van der Waals surface area contributed by atoms with E-state index in [2.05, 4.69) is 15.3 Å². The highest BCUT2D eigenvalue weighted by atomic mass is 19.4. The maximum atomic E-state index is 14.1. The zero-order valence-electron chi connectivity index (χ0n) is 18.3. The maximum absolute atomic E-state index is 14.1. The summed E-state index contributed by atoms with van der Waals surface area (Å²) in [6.45, 7) is 4.32. The molecule has 0 aliphatic carbocycles. The molecule has 1 fully saturated rings. The van der Waals surface area contributed by atoms with Crippen LogP contribution in [0.2, 0.25) is 0 Å². The van der Waals surface area contributed by atoms with Crippen molar-refractivity contribution in [2.24, 2.45) is 5.92 Å². The zero-order chi connectivity index (χ0) is 23.2. The average molecular weight is 454 g/mol. The second kappa shape index (κ2) is 8.33. The molecule has 1 aliphatic rings. The summed E-state index contributed by atoms with van der Waals surface area (Å²) in [6, 6.07) is 11.8. The minimum Gasteiger partial charge on any atom is -0.508 e. The van der Waals surface area contributed by atoms with Crippen LogP contribution >= 0.6 is 0 Å². The van der Waals surface area contributed by atoms with Crippen molar-refractivity contribution in [3.63, 3.8) is 0 Å². The minimum absolute atomic E-state index is 0.0923. The van der Waals surface area contributed by atoms with Crippen LogP contribution in [-0.2, 0) is 12.7 Å². The number of alkyl halides is 3. The van der Waals surface area contributed by atoms with Crippen molar-refractivity contribution in [1.29, 1.82) is 0 Å². The molecule has 33 heavy (non-hydrogen) atoms. The van der Waals surface area contributed by atoms with Gasteiger partial charge in [0.05, 0.1) is 11.0 Å². The van der Waals surface area contributed by atoms with Crippen LogP contribution in [0.3, 0.4) is 0 Å². The fraction of sp³-hybridized carbons (Fsp3) is 0.360. The summed E-state index contributed by atoms with van der Waals surface area (Å²) in [5, 5.41) is 13.7.